The van der Waals surface area contributed by atoms with Gasteiger partial charge < -0.3 is 0 Å². The maximum atomic E-state index is 9.69. The van der Waals surface area contributed by atoms with Crippen LogP contribution in [0.2, 0.25) is 0 Å². The molecule has 36 valence electrons. The highest BCUT2D eigenvalue weighted by atomic mass is 79.9. The third-order valence-corrected chi connectivity index (χ3v) is 1.87. The zero-order chi connectivity index (χ0) is 5.15. The summed E-state index contributed by atoms with van der Waals surface area (Å²) in [6, 6.07) is 0. The topological polar surface area (TPSA) is 34.1 Å². The highest BCUT2D eigenvalue weighted by Crippen LogP contribution is 2.18. The van der Waals surface area contributed by atoms with Gasteiger partial charge in [0.25, 0.3) is 0 Å². The van der Waals surface area contributed by atoms with Crippen molar-refractivity contribution in [2.75, 3.05) is 0 Å². The summed E-state index contributed by atoms with van der Waals surface area (Å²) in [7, 11) is -2.24. The van der Waals surface area contributed by atoms with Gasteiger partial charge in [0.1, 0.15) is 4.57 Å². The van der Waals surface area contributed by atoms with Crippen LogP contribution >= 0.6 is 23.6 Å². The normalized spacial score (nSPS) is 13.7. The summed E-state index contributed by atoms with van der Waals surface area (Å²) in [5, 5.41) is 0. The van der Waals surface area contributed by atoms with Crippen LogP contribution in [0.1, 0.15) is 6.92 Å². The van der Waals surface area contributed by atoms with Crippen molar-refractivity contribution in [2.24, 2.45) is 0 Å². The summed E-state index contributed by atoms with van der Waals surface area (Å²) in [6.07, 6.45) is 0. The minimum Gasteiger partial charge on any atom is -0.236 e. The van der Waals surface area contributed by atoms with Crippen LogP contribution in [0.3, 0.4) is 0 Å². The van der Waals surface area contributed by atoms with Crippen molar-refractivity contribution in [3.05, 3.63) is 0 Å². The lowest BCUT2D eigenvalue weighted by atomic mass is 11.0. The smallest absolute Gasteiger partial charge is 0.236 e. The van der Waals surface area contributed by atoms with Gasteiger partial charge in [-0.25, -0.2) is 9.13 Å². The molecular formula is C2H4BrO2P. The average molecular weight is 171 g/mol. The van der Waals surface area contributed by atoms with E-state index in [0.717, 1.165) is 0 Å². The summed E-state index contributed by atoms with van der Waals surface area (Å²) in [5.41, 5.74) is 0. The van der Waals surface area contributed by atoms with Gasteiger partial charge >= 0.3 is 7.68 Å². The quantitative estimate of drug-likeness (QED) is 0.445. The maximum absolute atomic E-state index is 9.69. The van der Waals surface area contributed by atoms with E-state index >= 15 is 0 Å². The van der Waals surface area contributed by atoms with Crippen LogP contribution in [-0.4, -0.2) is 4.57 Å². The van der Waals surface area contributed by atoms with Crippen LogP contribution in [0.4, 0.5) is 0 Å². The first-order valence-corrected chi connectivity index (χ1v) is 3.58. The van der Waals surface area contributed by atoms with Crippen LogP contribution in [0.15, 0.2) is 0 Å². The lowest BCUT2D eigenvalue weighted by Gasteiger charge is -1.75. The Hall–Kier alpha value is 0.380. The van der Waals surface area contributed by atoms with Gasteiger partial charge in [-0.2, -0.15) is 0 Å². The Bertz CT molecular complexity index is 87.7. The SMILES string of the molecule is CC(Br)P(=O)=O. The summed E-state index contributed by atoms with van der Waals surface area (Å²) < 4.78 is 19.0. The monoisotopic (exact) mass is 170 g/mol. The number of halogens is 1. The minimum absolute atomic E-state index is 0.382. The van der Waals surface area contributed by atoms with Gasteiger partial charge in [-0.15, -0.1) is 0 Å². The van der Waals surface area contributed by atoms with Gasteiger partial charge in [-0.3, -0.25) is 0 Å². The molecule has 0 fully saturated rings. The second kappa shape index (κ2) is 2.54. The molecule has 0 aliphatic heterocycles. The summed E-state index contributed by atoms with van der Waals surface area (Å²) >= 11 is 2.84. The predicted octanol–water partition coefficient (Wildman–Crippen LogP) is 1.90. The summed E-state index contributed by atoms with van der Waals surface area (Å²) in [5.74, 6) is 0. The molecule has 2 nitrogen and oxygen atoms in total. The zero-order valence-corrected chi connectivity index (χ0v) is 5.70. The molecule has 1 atom stereocenters. The fourth-order valence-corrected chi connectivity index (χ4v) is 0. The molecule has 4 heteroatoms. The largest absolute Gasteiger partial charge is 0.329 e. The highest BCUT2D eigenvalue weighted by molar-refractivity contribution is 9.10. The minimum atomic E-state index is -2.24. The second-order valence-electron chi connectivity index (χ2n) is 0.859. The van der Waals surface area contributed by atoms with E-state index < -0.39 is 7.68 Å². The molecule has 6 heavy (non-hydrogen) atoms. The average Bonchev–Trinajstić information content (AvgIpc) is 1.36. The molecule has 0 aromatic rings. The number of rotatable bonds is 1. The first-order valence-electron chi connectivity index (χ1n) is 1.42. The van der Waals surface area contributed by atoms with E-state index in [1.165, 1.54) is 0 Å². The van der Waals surface area contributed by atoms with Crippen LogP contribution < -0.4 is 0 Å². The molecule has 1 unspecified atom stereocenters. The molecule has 0 aliphatic carbocycles. The van der Waals surface area contributed by atoms with E-state index in [0.29, 0.717) is 0 Å². The van der Waals surface area contributed by atoms with Gasteiger partial charge in [0, 0.05) is 0 Å². The summed E-state index contributed by atoms with van der Waals surface area (Å²) in [6.45, 7) is 1.56. The standard InChI is InChI=1S/C2H4BrO2P/c1-2(3)6(4)5/h2H,1H3. The fourth-order valence-electron chi connectivity index (χ4n) is 0. The second-order valence-corrected chi connectivity index (χ2v) is 4.29. The van der Waals surface area contributed by atoms with Crippen molar-refractivity contribution in [1.29, 1.82) is 0 Å². The van der Waals surface area contributed by atoms with E-state index in [4.69, 9.17) is 0 Å². The first kappa shape index (κ1) is 6.38. The van der Waals surface area contributed by atoms with Crippen LogP contribution in [0.25, 0.3) is 0 Å². The Kier molecular flexibility index (Phi) is 2.70. The molecule has 0 amide bonds. The maximum Gasteiger partial charge on any atom is 0.329 e. The highest BCUT2D eigenvalue weighted by Gasteiger charge is 1.96. The molecule has 0 aliphatic rings. The van der Waals surface area contributed by atoms with Gasteiger partial charge in [0.2, 0.25) is 0 Å². The van der Waals surface area contributed by atoms with Crippen molar-refractivity contribution in [3.8, 4) is 0 Å². The van der Waals surface area contributed by atoms with Crippen LogP contribution in [-0.2, 0) is 9.13 Å². The first-order chi connectivity index (χ1) is 2.64. The van der Waals surface area contributed by atoms with Crippen LogP contribution in [0, 0.1) is 0 Å². The van der Waals surface area contributed by atoms with E-state index in [1.807, 2.05) is 0 Å². The molecule has 0 saturated heterocycles. The van der Waals surface area contributed by atoms with Gasteiger partial charge in [-0.05, 0) is 6.92 Å². The van der Waals surface area contributed by atoms with E-state index in [9.17, 15) is 9.13 Å². The number of alkyl halides is 1. The van der Waals surface area contributed by atoms with Crippen molar-refractivity contribution >= 4 is 23.6 Å². The predicted molar refractivity (Wildman–Crippen MR) is 26.7 cm³/mol. The molecule has 0 aromatic carbocycles. The fraction of sp³-hybridized carbons (Fsp3) is 1.00. The van der Waals surface area contributed by atoms with Crippen molar-refractivity contribution < 1.29 is 9.13 Å². The molecule has 0 bridgehead atoms. The van der Waals surface area contributed by atoms with Crippen molar-refractivity contribution in [1.82, 2.24) is 0 Å². The number of hydrogen-bond donors (Lipinski definition) is 0. The molecule has 0 rings (SSSR count). The van der Waals surface area contributed by atoms with E-state index in [-0.39, 0.29) is 4.57 Å². The van der Waals surface area contributed by atoms with Crippen molar-refractivity contribution in [3.63, 3.8) is 0 Å². The Morgan fingerprint density at radius 2 is 1.83 bits per heavy atom. The van der Waals surface area contributed by atoms with Gasteiger partial charge in [0.15, 0.2) is 0 Å². The third-order valence-electron chi connectivity index (χ3n) is 0.291. The molecule has 0 aromatic heterocycles. The number of hydrogen-bond acceptors (Lipinski definition) is 2. The lowest BCUT2D eigenvalue weighted by molar-refractivity contribution is 0.515. The molecule has 0 radical (unpaired) electrons. The molecule has 0 heterocycles. The molecule has 0 N–H and O–H groups in total. The lowest BCUT2D eigenvalue weighted by Crippen LogP contribution is -1.68. The van der Waals surface area contributed by atoms with Gasteiger partial charge in [-0.1, -0.05) is 15.9 Å². The molecular weight excluding hydrogens is 167 g/mol. The molecule has 0 spiro atoms. The Morgan fingerprint density at radius 3 is 1.83 bits per heavy atom. The van der Waals surface area contributed by atoms with Crippen molar-refractivity contribution in [2.45, 2.75) is 11.5 Å². The zero-order valence-electron chi connectivity index (χ0n) is 3.22. The third kappa shape index (κ3) is 2.61. The Labute approximate surface area is 44.9 Å². The Balaban J connectivity index is 3.57. The molecule has 0 saturated carbocycles. The van der Waals surface area contributed by atoms with Crippen LogP contribution in [0.5, 0.6) is 0 Å². The Morgan fingerprint density at radius 1 is 1.67 bits per heavy atom. The van der Waals surface area contributed by atoms with Gasteiger partial charge in [0.05, 0.1) is 0 Å². The van der Waals surface area contributed by atoms with E-state index in [1.54, 1.807) is 6.92 Å². The summed E-state index contributed by atoms with van der Waals surface area (Å²) in [4.78, 5) is 0. The van der Waals surface area contributed by atoms with E-state index in [2.05, 4.69) is 15.9 Å².